The molecule has 2 heteroatoms. The van der Waals surface area contributed by atoms with Gasteiger partial charge in [-0.2, -0.15) is 9.90 Å². The number of nitrogens with two attached hydrogens (primary N) is 1. The highest BCUT2D eigenvalue weighted by Crippen LogP contribution is 2.18. The fourth-order valence-corrected chi connectivity index (χ4v) is 1.78. The van der Waals surface area contributed by atoms with E-state index in [1.165, 1.54) is 36.8 Å². The molecule has 0 amide bonds. The Labute approximate surface area is 103 Å². The molecule has 1 unspecified atom stereocenters. The summed E-state index contributed by atoms with van der Waals surface area (Å²) in [7, 11) is 0. The third-order valence-electron chi connectivity index (χ3n) is 2.83. The SMILES string of the molecule is CCCCc1ccc(CCCC)c(N)c1.P. The Balaban J connectivity index is 0.00000225. The highest BCUT2D eigenvalue weighted by Gasteiger charge is 2.00. The van der Waals surface area contributed by atoms with Gasteiger partial charge < -0.3 is 5.73 Å². The van der Waals surface area contributed by atoms with E-state index in [-0.39, 0.29) is 9.90 Å². The topological polar surface area (TPSA) is 26.0 Å². The summed E-state index contributed by atoms with van der Waals surface area (Å²) in [5.74, 6) is 0. The average molecular weight is 239 g/mol. The molecule has 0 aromatic heterocycles. The van der Waals surface area contributed by atoms with Crippen LogP contribution in [0.2, 0.25) is 0 Å². The van der Waals surface area contributed by atoms with Crippen molar-refractivity contribution in [3.63, 3.8) is 0 Å². The van der Waals surface area contributed by atoms with E-state index in [0.29, 0.717) is 0 Å². The number of unbranched alkanes of at least 4 members (excludes halogenated alkanes) is 2. The van der Waals surface area contributed by atoms with Gasteiger partial charge in [0.15, 0.2) is 0 Å². The maximum absolute atomic E-state index is 6.03. The molecular formula is C14H26NP. The predicted octanol–water partition coefficient (Wildman–Crippen LogP) is 4.01. The lowest BCUT2D eigenvalue weighted by molar-refractivity contribution is 0.787. The zero-order valence-corrected chi connectivity index (χ0v) is 12.2. The third-order valence-corrected chi connectivity index (χ3v) is 2.83. The van der Waals surface area contributed by atoms with Gasteiger partial charge >= 0.3 is 0 Å². The maximum atomic E-state index is 6.03. The van der Waals surface area contributed by atoms with Crippen molar-refractivity contribution in [2.24, 2.45) is 0 Å². The fourth-order valence-electron chi connectivity index (χ4n) is 1.78. The Morgan fingerprint density at radius 3 is 2.19 bits per heavy atom. The van der Waals surface area contributed by atoms with Crippen LogP contribution in [0.3, 0.4) is 0 Å². The molecule has 0 aliphatic rings. The number of anilines is 1. The second-order valence-electron chi connectivity index (χ2n) is 4.24. The molecule has 92 valence electrons. The van der Waals surface area contributed by atoms with Gasteiger partial charge in [-0.05, 0) is 42.9 Å². The van der Waals surface area contributed by atoms with Gasteiger partial charge in [0.2, 0.25) is 0 Å². The molecule has 0 aliphatic heterocycles. The Bertz CT molecular complexity index is 297. The van der Waals surface area contributed by atoms with Crippen LogP contribution in [0.25, 0.3) is 0 Å². The van der Waals surface area contributed by atoms with Gasteiger partial charge in [0, 0.05) is 5.69 Å². The molecule has 1 rings (SSSR count). The molecule has 1 aromatic rings. The first kappa shape index (κ1) is 15.4. The molecule has 0 saturated carbocycles. The number of aryl methyl sites for hydroxylation is 2. The number of rotatable bonds is 6. The van der Waals surface area contributed by atoms with Crippen molar-refractivity contribution in [1.82, 2.24) is 0 Å². The van der Waals surface area contributed by atoms with E-state index in [1.807, 2.05) is 0 Å². The molecule has 0 saturated heterocycles. The molecule has 0 fully saturated rings. The van der Waals surface area contributed by atoms with Crippen LogP contribution in [-0.2, 0) is 12.8 Å². The van der Waals surface area contributed by atoms with E-state index in [0.717, 1.165) is 18.5 Å². The molecule has 0 radical (unpaired) electrons. The number of hydrogen-bond donors (Lipinski definition) is 1. The van der Waals surface area contributed by atoms with Crippen LogP contribution in [0.15, 0.2) is 18.2 Å². The Morgan fingerprint density at radius 1 is 1.00 bits per heavy atom. The highest BCUT2D eigenvalue weighted by atomic mass is 31.0. The van der Waals surface area contributed by atoms with Crippen molar-refractivity contribution in [3.8, 4) is 0 Å². The molecule has 1 atom stereocenters. The predicted molar refractivity (Wildman–Crippen MR) is 79.2 cm³/mol. The molecule has 0 aliphatic carbocycles. The summed E-state index contributed by atoms with van der Waals surface area (Å²) in [6, 6.07) is 6.59. The summed E-state index contributed by atoms with van der Waals surface area (Å²) in [6.45, 7) is 4.44. The van der Waals surface area contributed by atoms with Crippen LogP contribution in [0, 0.1) is 0 Å². The van der Waals surface area contributed by atoms with Gasteiger partial charge in [-0.3, -0.25) is 0 Å². The first-order valence-electron chi connectivity index (χ1n) is 6.15. The third kappa shape index (κ3) is 4.99. The Morgan fingerprint density at radius 2 is 1.62 bits per heavy atom. The molecule has 2 N–H and O–H groups in total. The van der Waals surface area contributed by atoms with Gasteiger partial charge in [0.05, 0.1) is 0 Å². The number of benzene rings is 1. The van der Waals surface area contributed by atoms with E-state index in [4.69, 9.17) is 5.73 Å². The minimum atomic E-state index is 0. The summed E-state index contributed by atoms with van der Waals surface area (Å²) < 4.78 is 0. The molecule has 0 heterocycles. The van der Waals surface area contributed by atoms with E-state index < -0.39 is 0 Å². The summed E-state index contributed by atoms with van der Waals surface area (Å²) in [5.41, 5.74) is 9.72. The van der Waals surface area contributed by atoms with Crippen molar-refractivity contribution in [1.29, 1.82) is 0 Å². The van der Waals surface area contributed by atoms with Crippen molar-refractivity contribution in [3.05, 3.63) is 29.3 Å². The zero-order valence-electron chi connectivity index (χ0n) is 10.8. The van der Waals surface area contributed by atoms with Crippen LogP contribution >= 0.6 is 9.90 Å². The van der Waals surface area contributed by atoms with Gasteiger partial charge in [0.25, 0.3) is 0 Å². The summed E-state index contributed by atoms with van der Waals surface area (Å²) >= 11 is 0. The maximum Gasteiger partial charge on any atom is 0.0349 e. The van der Waals surface area contributed by atoms with Gasteiger partial charge in [-0.1, -0.05) is 38.8 Å². The van der Waals surface area contributed by atoms with Crippen molar-refractivity contribution in [2.45, 2.75) is 52.4 Å². The number of hydrogen-bond acceptors (Lipinski definition) is 1. The smallest absolute Gasteiger partial charge is 0.0349 e. The normalized spacial score (nSPS) is 9.88. The monoisotopic (exact) mass is 239 g/mol. The highest BCUT2D eigenvalue weighted by molar-refractivity contribution is 6.92. The van der Waals surface area contributed by atoms with Crippen LogP contribution in [-0.4, -0.2) is 0 Å². The lowest BCUT2D eigenvalue weighted by Crippen LogP contribution is -1.96. The zero-order chi connectivity index (χ0) is 11.1. The molecule has 1 aromatic carbocycles. The molecule has 0 spiro atoms. The molecular weight excluding hydrogens is 213 g/mol. The largest absolute Gasteiger partial charge is 0.398 e. The summed E-state index contributed by atoms with van der Waals surface area (Å²) in [6.07, 6.45) is 7.26. The fraction of sp³-hybridized carbons (Fsp3) is 0.571. The van der Waals surface area contributed by atoms with E-state index in [2.05, 4.69) is 32.0 Å². The average Bonchev–Trinajstić information content (AvgIpc) is 2.25. The van der Waals surface area contributed by atoms with Crippen LogP contribution in [0.1, 0.15) is 50.7 Å². The second-order valence-corrected chi connectivity index (χ2v) is 4.24. The van der Waals surface area contributed by atoms with Crippen LogP contribution in [0.5, 0.6) is 0 Å². The van der Waals surface area contributed by atoms with E-state index in [9.17, 15) is 0 Å². The van der Waals surface area contributed by atoms with Crippen molar-refractivity contribution in [2.75, 3.05) is 5.73 Å². The number of nitrogen functional groups attached to an aromatic ring is 1. The first-order chi connectivity index (χ1) is 7.27. The van der Waals surface area contributed by atoms with Crippen LogP contribution in [0.4, 0.5) is 5.69 Å². The standard InChI is InChI=1S/C14H23N.H3P/c1-3-5-7-12-9-10-13(8-6-4-2)14(15)11-12;/h9-11H,3-8,15H2,1-2H3;1H3. The Hall–Kier alpha value is -0.550. The summed E-state index contributed by atoms with van der Waals surface area (Å²) in [5, 5.41) is 0. The van der Waals surface area contributed by atoms with E-state index in [1.54, 1.807) is 0 Å². The summed E-state index contributed by atoms with van der Waals surface area (Å²) in [4.78, 5) is 0. The Kier molecular flexibility index (Phi) is 8.29. The van der Waals surface area contributed by atoms with Gasteiger partial charge in [0.1, 0.15) is 0 Å². The lowest BCUT2D eigenvalue weighted by Gasteiger charge is -2.07. The molecule has 16 heavy (non-hydrogen) atoms. The van der Waals surface area contributed by atoms with Gasteiger partial charge in [-0.25, -0.2) is 0 Å². The minimum Gasteiger partial charge on any atom is -0.398 e. The minimum absolute atomic E-state index is 0. The quantitative estimate of drug-likeness (QED) is 0.589. The molecule has 0 bridgehead atoms. The van der Waals surface area contributed by atoms with Crippen LogP contribution < -0.4 is 5.73 Å². The van der Waals surface area contributed by atoms with E-state index >= 15 is 0 Å². The van der Waals surface area contributed by atoms with Crippen molar-refractivity contribution < 1.29 is 0 Å². The molecule has 1 nitrogen and oxygen atoms in total. The lowest BCUT2D eigenvalue weighted by atomic mass is 10.0. The van der Waals surface area contributed by atoms with Crippen molar-refractivity contribution >= 4 is 15.6 Å². The first-order valence-corrected chi connectivity index (χ1v) is 6.15. The van der Waals surface area contributed by atoms with Gasteiger partial charge in [-0.15, -0.1) is 0 Å². The second kappa shape index (κ2) is 8.58.